The predicted molar refractivity (Wildman–Crippen MR) is 54.8 cm³/mol. The van der Waals surface area contributed by atoms with Crippen LogP contribution in [0, 0.1) is 17.0 Å². The second-order valence-corrected chi connectivity index (χ2v) is 3.43. The van der Waals surface area contributed by atoms with E-state index in [4.69, 9.17) is 0 Å². The molecule has 0 saturated carbocycles. The van der Waals surface area contributed by atoms with Gasteiger partial charge in [-0.3, -0.25) is 10.1 Å². The van der Waals surface area contributed by atoms with Crippen molar-refractivity contribution in [3.63, 3.8) is 0 Å². The van der Waals surface area contributed by atoms with Gasteiger partial charge in [0.25, 0.3) is 0 Å². The van der Waals surface area contributed by atoms with Gasteiger partial charge in [-0.1, -0.05) is 0 Å². The maximum atomic E-state index is 11.9. The van der Waals surface area contributed by atoms with E-state index in [1.165, 1.54) is 12.3 Å². The molecular weight excluding hydrogens is 239 g/mol. The minimum Gasteiger partial charge on any atom is -0.364 e. The number of aromatic nitrogens is 1. The number of anilines is 1. The van der Waals surface area contributed by atoms with Gasteiger partial charge in [0.15, 0.2) is 0 Å². The maximum absolute atomic E-state index is 11.9. The van der Waals surface area contributed by atoms with Crippen molar-refractivity contribution in [3.8, 4) is 0 Å². The van der Waals surface area contributed by atoms with Gasteiger partial charge in [0.2, 0.25) is 5.82 Å². The van der Waals surface area contributed by atoms with E-state index in [9.17, 15) is 23.3 Å². The summed E-state index contributed by atoms with van der Waals surface area (Å²) in [4.78, 5) is 13.7. The lowest BCUT2D eigenvalue weighted by Gasteiger charge is -2.08. The summed E-state index contributed by atoms with van der Waals surface area (Å²) in [7, 11) is 0. The van der Waals surface area contributed by atoms with E-state index < -0.39 is 24.1 Å². The molecule has 0 aliphatic carbocycles. The molecule has 17 heavy (non-hydrogen) atoms. The fourth-order valence-electron chi connectivity index (χ4n) is 1.15. The van der Waals surface area contributed by atoms with Crippen molar-refractivity contribution in [3.05, 3.63) is 27.9 Å². The van der Waals surface area contributed by atoms with Crippen LogP contribution in [0.2, 0.25) is 0 Å². The van der Waals surface area contributed by atoms with Gasteiger partial charge in [-0.2, -0.15) is 13.2 Å². The van der Waals surface area contributed by atoms with E-state index in [0.717, 1.165) is 0 Å². The number of hydrogen-bond acceptors (Lipinski definition) is 4. The average molecular weight is 249 g/mol. The SMILES string of the molecule is Cc1cnc(NCCC(F)(F)F)c([N+](=O)[O-])c1. The first kappa shape index (κ1) is 13.2. The second kappa shape index (κ2) is 4.98. The molecule has 1 aromatic heterocycles. The summed E-state index contributed by atoms with van der Waals surface area (Å²) in [6.07, 6.45) is -4.02. The number of halogens is 3. The first-order chi connectivity index (χ1) is 7.79. The zero-order valence-electron chi connectivity index (χ0n) is 8.91. The summed E-state index contributed by atoms with van der Waals surface area (Å²) in [5.41, 5.74) is 0.241. The van der Waals surface area contributed by atoms with Crippen LogP contribution in [0.3, 0.4) is 0 Å². The standard InChI is InChI=1S/C9H10F3N3O2/c1-6-4-7(15(16)17)8(14-5-6)13-3-2-9(10,11)12/h4-5H,2-3H2,1H3,(H,13,14). The highest BCUT2D eigenvalue weighted by Crippen LogP contribution is 2.24. The van der Waals surface area contributed by atoms with Crippen molar-refractivity contribution >= 4 is 11.5 Å². The monoisotopic (exact) mass is 249 g/mol. The molecule has 1 rings (SSSR count). The molecule has 0 aromatic carbocycles. The summed E-state index contributed by atoms with van der Waals surface area (Å²) < 4.78 is 35.7. The Kier molecular flexibility index (Phi) is 3.87. The van der Waals surface area contributed by atoms with Gasteiger partial charge in [-0.05, 0) is 12.5 Å². The number of pyridine rings is 1. The molecule has 0 amide bonds. The minimum atomic E-state index is -4.30. The van der Waals surface area contributed by atoms with Crippen LogP contribution in [0.4, 0.5) is 24.7 Å². The molecule has 1 N–H and O–H groups in total. The molecule has 0 spiro atoms. The van der Waals surface area contributed by atoms with Crippen molar-refractivity contribution in [1.29, 1.82) is 0 Å². The first-order valence-corrected chi connectivity index (χ1v) is 4.71. The van der Waals surface area contributed by atoms with Gasteiger partial charge >= 0.3 is 11.9 Å². The van der Waals surface area contributed by atoms with E-state index in [2.05, 4.69) is 10.3 Å². The van der Waals surface area contributed by atoms with Crippen molar-refractivity contribution in [2.75, 3.05) is 11.9 Å². The predicted octanol–water partition coefficient (Wildman–Crippen LogP) is 2.66. The van der Waals surface area contributed by atoms with Crippen molar-refractivity contribution in [2.45, 2.75) is 19.5 Å². The summed E-state index contributed by atoms with van der Waals surface area (Å²) in [6.45, 7) is 1.17. The lowest BCUT2D eigenvalue weighted by atomic mass is 10.3. The Labute approximate surface area is 94.8 Å². The molecule has 0 aliphatic heterocycles. The highest BCUT2D eigenvalue weighted by Gasteiger charge is 2.27. The maximum Gasteiger partial charge on any atom is 0.390 e. The smallest absolute Gasteiger partial charge is 0.364 e. The number of aryl methyl sites for hydroxylation is 1. The van der Waals surface area contributed by atoms with Gasteiger partial charge in [-0.25, -0.2) is 4.98 Å². The fourth-order valence-corrected chi connectivity index (χ4v) is 1.15. The molecule has 94 valence electrons. The highest BCUT2D eigenvalue weighted by atomic mass is 19.4. The zero-order chi connectivity index (χ0) is 13.1. The number of rotatable bonds is 4. The van der Waals surface area contributed by atoms with Gasteiger partial charge in [0.1, 0.15) is 0 Å². The van der Waals surface area contributed by atoms with Crippen molar-refractivity contribution < 1.29 is 18.1 Å². The third kappa shape index (κ3) is 4.25. The number of nitro groups is 1. The highest BCUT2D eigenvalue weighted by molar-refractivity contribution is 5.56. The quantitative estimate of drug-likeness (QED) is 0.658. The fraction of sp³-hybridized carbons (Fsp3) is 0.444. The van der Waals surface area contributed by atoms with Crippen molar-refractivity contribution in [1.82, 2.24) is 4.98 Å². The molecule has 0 bridgehead atoms. The molecule has 5 nitrogen and oxygen atoms in total. The topological polar surface area (TPSA) is 68.1 Å². The van der Waals surface area contributed by atoms with Gasteiger partial charge in [0.05, 0.1) is 11.3 Å². The number of alkyl halides is 3. The normalized spacial score (nSPS) is 11.3. The van der Waals surface area contributed by atoms with E-state index in [1.54, 1.807) is 6.92 Å². The number of nitrogens with one attached hydrogen (secondary N) is 1. The van der Waals surface area contributed by atoms with Crippen LogP contribution in [-0.4, -0.2) is 22.6 Å². The molecule has 8 heteroatoms. The molecule has 0 atom stereocenters. The van der Waals surface area contributed by atoms with Gasteiger partial charge in [-0.15, -0.1) is 0 Å². The first-order valence-electron chi connectivity index (χ1n) is 4.71. The van der Waals surface area contributed by atoms with Crippen LogP contribution >= 0.6 is 0 Å². The van der Waals surface area contributed by atoms with Crippen LogP contribution < -0.4 is 5.32 Å². The molecule has 0 radical (unpaired) electrons. The third-order valence-electron chi connectivity index (χ3n) is 1.90. The molecule has 1 aromatic rings. The average Bonchev–Trinajstić information content (AvgIpc) is 2.18. The zero-order valence-corrected chi connectivity index (χ0v) is 8.91. The summed E-state index contributed by atoms with van der Waals surface area (Å²) in [5.74, 6) is -0.148. The van der Waals surface area contributed by atoms with E-state index in [-0.39, 0.29) is 11.5 Å². The summed E-state index contributed by atoms with van der Waals surface area (Å²) in [6, 6.07) is 1.25. The van der Waals surface area contributed by atoms with E-state index in [0.29, 0.717) is 5.56 Å². The largest absolute Gasteiger partial charge is 0.390 e. The Bertz CT molecular complexity index is 420. The third-order valence-corrected chi connectivity index (χ3v) is 1.90. The van der Waals surface area contributed by atoms with Crippen LogP contribution in [-0.2, 0) is 0 Å². The number of nitrogens with zero attached hydrogens (tertiary/aromatic N) is 2. The molecule has 0 unspecified atom stereocenters. The minimum absolute atomic E-state index is 0.148. The summed E-state index contributed by atoms with van der Waals surface area (Å²) >= 11 is 0. The Hall–Kier alpha value is -1.86. The van der Waals surface area contributed by atoms with Gasteiger partial charge < -0.3 is 5.32 Å². The molecular formula is C9H10F3N3O2. The van der Waals surface area contributed by atoms with Crippen LogP contribution in [0.15, 0.2) is 12.3 Å². The van der Waals surface area contributed by atoms with Gasteiger partial charge in [0, 0.05) is 18.8 Å². The van der Waals surface area contributed by atoms with Crippen LogP contribution in [0.1, 0.15) is 12.0 Å². The molecule has 1 heterocycles. The molecule has 0 saturated heterocycles. The number of hydrogen-bond donors (Lipinski definition) is 1. The van der Waals surface area contributed by atoms with Crippen molar-refractivity contribution in [2.24, 2.45) is 0 Å². The Morgan fingerprint density at radius 1 is 1.53 bits per heavy atom. The van der Waals surface area contributed by atoms with E-state index in [1.807, 2.05) is 0 Å². The molecule has 0 fully saturated rings. The lowest BCUT2D eigenvalue weighted by Crippen LogP contribution is -2.15. The lowest BCUT2D eigenvalue weighted by molar-refractivity contribution is -0.384. The second-order valence-electron chi connectivity index (χ2n) is 3.43. The Balaban J connectivity index is 2.74. The van der Waals surface area contributed by atoms with E-state index >= 15 is 0 Å². The summed E-state index contributed by atoms with van der Waals surface area (Å²) in [5, 5.41) is 12.9. The molecule has 0 aliphatic rings. The Morgan fingerprint density at radius 2 is 2.18 bits per heavy atom. The Morgan fingerprint density at radius 3 is 2.71 bits per heavy atom. The van der Waals surface area contributed by atoms with Crippen LogP contribution in [0.5, 0.6) is 0 Å². The van der Waals surface area contributed by atoms with Crippen LogP contribution in [0.25, 0.3) is 0 Å².